The Hall–Kier alpha value is -1.13. The second-order valence-corrected chi connectivity index (χ2v) is 7.92. The molecule has 0 heterocycles. The molecule has 24 heavy (non-hydrogen) atoms. The van der Waals surface area contributed by atoms with Gasteiger partial charge in [-0.25, -0.2) is 4.79 Å². The summed E-state index contributed by atoms with van der Waals surface area (Å²) < 4.78 is 0. The van der Waals surface area contributed by atoms with Gasteiger partial charge in [0.15, 0.2) is 0 Å². The summed E-state index contributed by atoms with van der Waals surface area (Å²) in [5.41, 5.74) is -0.667. The molecule has 0 saturated heterocycles. The smallest absolute Gasteiger partial charge is 0.316 e. The van der Waals surface area contributed by atoms with Crippen molar-refractivity contribution >= 4 is 6.03 Å². The molecule has 5 nitrogen and oxygen atoms in total. The largest absolute Gasteiger partial charge is 0.335 e. The van der Waals surface area contributed by atoms with E-state index in [0.29, 0.717) is 0 Å². The van der Waals surface area contributed by atoms with E-state index < -0.39 is 5.66 Å². The predicted molar refractivity (Wildman–Crippen MR) is 100 cm³/mol. The van der Waals surface area contributed by atoms with Crippen molar-refractivity contribution in [3.05, 3.63) is 0 Å². The molecule has 0 unspecified atom stereocenters. The molecular weight excluding hydrogens is 300 g/mol. The third-order valence-corrected chi connectivity index (χ3v) is 4.40. The molecule has 0 spiro atoms. The van der Waals surface area contributed by atoms with Gasteiger partial charge in [-0.3, -0.25) is 0 Å². The van der Waals surface area contributed by atoms with Crippen molar-refractivity contribution in [2.75, 3.05) is 0 Å². The second-order valence-electron chi connectivity index (χ2n) is 7.92. The molecule has 0 aromatic heterocycles. The Labute approximate surface area is 148 Å². The number of carbonyl (C=O) groups is 1. The number of carbonyl (C=O) groups excluding carboxylic acids is 1. The lowest BCUT2D eigenvalue weighted by Gasteiger charge is -2.24. The van der Waals surface area contributed by atoms with Gasteiger partial charge in [-0.2, -0.15) is 10.2 Å². The fraction of sp³-hybridized carbons (Fsp3) is 0.947. The summed E-state index contributed by atoms with van der Waals surface area (Å²) >= 11 is 0. The Bertz CT molecular complexity index is 368. The van der Waals surface area contributed by atoms with Crippen LogP contribution in [0, 0.1) is 0 Å². The number of rotatable bonds is 4. The SMILES string of the molecule is CC(C)N=NC(C)(C)NC(=O)NC1CCCCCCCCCCC1. The summed E-state index contributed by atoms with van der Waals surface area (Å²) in [6.07, 6.45) is 14.0. The van der Waals surface area contributed by atoms with Crippen molar-refractivity contribution < 1.29 is 4.79 Å². The van der Waals surface area contributed by atoms with Crippen LogP contribution < -0.4 is 10.6 Å². The number of hydrogen-bond donors (Lipinski definition) is 2. The first-order valence-corrected chi connectivity index (χ1v) is 9.90. The first-order chi connectivity index (χ1) is 11.4. The standard InChI is InChI=1S/C19H38N4O/c1-16(2)22-23-19(3,4)21-18(24)20-17-14-12-10-8-6-5-7-9-11-13-15-17/h16-17H,5-15H2,1-4H3,(H2,20,21,24). The van der Waals surface area contributed by atoms with Gasteiger partial charge in [0.2, 0.25) is 0 Å². The van der Waals surface area contributed by atoms with Gasteiger partial charge >= 0.3 is 6.03 Å². The van der Waals surface area contributed by atoms with Crippen LogP contribution in [0.25, 0.3) is 0 Å². The zero-order chi connectivity index (χ0) is 17.8. The van der Waals surface area contributed by atoms with E-state index >= 15 is 0 Å². The van der Waals surface area contributed by atoms with Crippen molar-refractivity contribution in [1.29, 1.82) is 0 Å². The fourth-order valence-corrected chi connectivity index (χ4v) is 3.09. The van der Waals surface area contributed by atoms with E-state index in [-0.39, 0.29) is 18.1 Å². The van der Waals surface area contributed by atoms with Crippen molar-refractivity contribution in [2.45, 2.75) is 116 Å². The van der Waals surface area contributed by atoms with Gasteiger partial charge in [0.25, 0.3) is 0 Å². The lowest BCUT2D eigenvalue weighted by molar-refractivity contribution is 0.223. The maximum absolute atomic E-state index is 12.3. The van der Waals surface area contributed by atoms with Gasteiger partial charge in [0.05, 0.1) is 6.04 Å². The van der Waals surface area contributed by atoms with E-state index in [1.54, 1.807) is 0 Å². The highest BCUT2D eigenvalue weighted by Crippen LogP contribution is 2.17. The lowest BCUT2D eigenvalue weighted by Crippen LogP contribution is -2.50. The van der Waals surface area contributed by atoms with E-state index in [0.717, 1.165) is 12.8 Å². The number of azo groups is 1. The lowest BCUT2D eigenvalue weighted by atomic mass is 9.98. The van der Waals surface area contributed by atoms with Crippen molar-refractivity contribution in [3.63, 3.8) is 0 Å². The van der Waals surface area contributed by atoms with E-state index in [2.05, 4.69) is 20.9 Å². The first-order valence-electron chi connectivity index (χ1n) is 9.90. The van der Waals surface area contributed by atoms with Gasteiger partial charge in [-0.1, -0.05) is 57.8 Å². The summed E-state index contributed by atoms with van der Waals surface area (Å²) in [5, 5.41) is 14.5. The predicted octanol–water partition coefficient (Wildman–Crippen LogP) is 5.56. The van der Waals surface area contributed by atoms with Gasteiger partial charge < -0.3 is 10.6 Å². The van der Waals surface area contributed by atoms with Crippen LogP contribution in [-0.2, 0) is 0 Å². The van der Waals surface area contributed by atoms with Gasteiger partial charge in [0, 0.05) is 6.04 Å². The molecule has 0 aromatic carbocycles. The highest BCUT2D eigenvalue weighted by Gasteiger charge is 2.21. The van der Waals surface area contributed by atoms with Crippen molar-refractivity contribution in [3.8, 4) is 0 Å². The third kappa shape index (κ3) is 10.6. The average Bonchev–Trinajstić information content (AvgIpc) is 2.47. The molecule has 0 bridgehead atoms. The molecule has 140 valence electrons. The minimum absolute atomic E-state index is 0.125. The summed E-state index contributed by atoms with van der Waals surface area (Å²) in [4.78, 5) is 12.3. The van der Waals surface area contributed by atoms with Crippen molar-refractivity contribution in [2.24, 2.45) is 10.2 Å². The number of urea groups is 1. The molecule has 1 saturated carbocycles. The highest BCUT2D eigenvalue weighted by atomic mass is 16.2. The number of nitrogens with zero attached hydrogens (tertiary/aromatic N) is 2. The Morgan fingerprint density at radius 2 is 1.38 bits per heavy atom. The van der Waals surface area contributed by atoms with Gasteiger partial charge in [-0.15, -0.1) is 0 Å². The molecular formula is C19H38N4O. The molecule has 5 heteroatoms. The number of nitrogens with one attached hydrogen (secondary N) is 2. The van der Waals surface area contributed by atoms with Crippen LogP contribution in [0.5, 0.6) is 0 Å². The summed E-state index contributed by atoms with van der Waals surface area (Å²) in [7, 11) is 0. The molecule has 2 N–H and O–H groups in total. The molecule has 1 aliphatic carbocycles. The Balaban J connectivity index is 2.45. The summed E-state index contributed by atoms with van der Waals surface area (Å²) in [6, 6.07) is 0.294. The van der Waals surface area contributed by atoms with Crippen LogP contribution in [0.4, 0.5) is 4.79 Å². The maximum Gasteiger partial charge on any atom is 0.316 e. The van der Waals surface area contributed by atoms with Crippen LogP contribution >= 0.6 is 0 Å². The van der Waals surface area contributed by atoms with Crippen LogP contribution in [0.2, 0.25) is 0 Å². The normalized spacial score (nSPS) is 19.7. The number of amides is 2. The number of hydrogen-bond acceptors (Lipinski definition) is 3. The molecule has 1 fully saturated rings. The Kier molecular flexibility index (Phi) is 9.96. The van der Waals surface area contributed by atoms with Gasteiger partial charge in [0.1, 0.15) is 5.66 Å². The zero-order valence-corrected chi connectivity index (χ0v) is 16.2. The van der Waals surface area contributed by atoms with Crippen LogP contribution in [0.3, 0.4) is 0 Å². The molecule has 1 rings (SSSR count). The minimum atomic E-state index is -0.667. The maximum atomic E-state index is 12.3. The Morgan fingerprint density at radius 1 is 0.917 bits per heavy atom. The summed E-state index contributed by atoms with van der Waals surface area (Å²) in [5.74, 6) is 0. The quantitative estimate of drug-likeness (QED) is 0.648. The fourth-order valence-electron chi connectivity index (χ4n) is 3.09. The molecule has 2 amide bonds. The second kappa shape index (κ2) is 11.4. The highest BCUT2D eigenvalue weighted by molar-refractivity contribution is 5.74. The molecule has 0 aromatic rings. The van der Waals surface area contributed by atoms with Crippen molar-refractivity contribution in [1.82, 2.24) is 10.6 Å². The van der Waals surface area contributed by atoms with E-state index in [1.165, 1.54) is 57.8 Å². The monoisotopic (exact) mass is 338 g/mol. The zero-order valence-electron chi connectivity index (χ0n) is 16.2. The molecule has 1 aliphatic rings. The average molecular weight is 339 g/mol. The topological polar surface area (TPSA) is 65.8 Å². The van der Waals surface area contributed by atoms with Crippen LogP contribution in [0.1, 0.15) is 98.3 Å². The van der Waals surface area contributed by atoms with Crippen LogP contribution in [-0.4, -0.2) is 23.8 Å². The molecule has 0 aliphatic heterocycles. The van der Waals surface area contributed by atoms with E-state index in [9.17, 15) is 4.79 Å². The molecule has 0 radical (unpaired) electrons. The summed E-state index contributed by atoms with van der Waals surface area (Å²) in [6.45, 7) is 7.70. The minimum Gasteiger partial charge on any atom is -0.335 e. The van der Waals surface area contributed by atoms with Crippen LogP contribution in [0.15, 0.2) is 10.2 Å². The third-order valence-electron chi connectivity index (χ3n) is 4.40. The molecule has 0 atom stereocenters. The van der Waals surface area contributed by atoms with Gasteiger partial charge in [-0.05, 0) is 40.5 Å². The van der Waals surface area contributed by atoms with E-state index in [1.807, 2.05) is 27.7 Å². The first kappa shape index (κ1) is 20.9. The van der Waals surface area contributed by atoms with E-state index in [4.69, 9.17) is 0 Å². The Morgan fingerprint density at radius 3 is 1.83 bits per heavy atom.